The molecule has 6 heteroatoms. The van der Waals surface area contributed by atoms with Gasteiger partial charge >= 0.3 is 5.97 Å². The van der Waals surface area contributed by atoms with Crippen LogP contribution in [0.15, 0.2) is 24.3 Å². The van der Waals surface area contributed by atoms with E-state index in [0.717, 1.165) is 25.7 Å². The molecule has 0 atom stereocenters. The van der Waals surface area contributed by atoms with E-state index >= 15 is 0 Å². The highest BCUT2D eigenvalue weighted by Crippen LogP contribution is 2.26. The fourth-order valence-electron chi connectivity index (χ4n) is 3.12. The standard InChI is InChI=1S/C16H21NO4S/c18-16(21-15-8-2-1-3-9-15)13-6-4-7-14(12-13)17-10-5-11-22(17,19)20/h4,6-7,12,15H,1-3,5,8-11H2. The Bertz CT molecular complexity index is 650. The van der Waals surface area contributed by atoms with Crippen LogP contribution in [0.3, 0.4) is 0 Å². The number of hydrogen-bond donors (Lipinski definition) is 0. The summed E-state index contributed by atoms with van der Waals surface area (Å²) in [5, 5.41) is 0. The van der Waals surface area contributed by atoms with Crippen LogP contribution in [0.4, 0.5) is 5.69 Å². The number of carbonyl (C=O) groups is 1. The van der Waals surface area contributed by atoms with Gasteiger partial charge in [0, 0.05) is 6.54 Å². The topological polar surface area (TPSA) is 63.7 Å². The summed E-state index contributed by atoms with van der Waals surface area (Å²) in [6, 6.07) is 6.73. The van der Waals surface area contributed by atoms with Crippen LogP contribution in [-0.2, 0) is 14.8 Å². The van der Waals surface area contributed by atoms with Crippen molar-refractivity contribution in [3.05, 3.63) is 29.8 Å². The molecule has 0 aromatic heterocycles. The van der Waals surface area contributed by atoms with Gasteiger partial charge in [0.2, 0.25) is 10.0 Å². The van der Waals surface area contributed by atoms with Crippen LogP contribution in [0.25, 0.3) is 0 Å². The fourth-order valence-corrected chi connectivity index (χ4v) is 4.68. The SMILES string of the molecule is O=C(OC1CCCCC1)c1cccc(N2CCCS2(=O)=O)c1. The van der Waals surface area contributed by atoms with Crippen molar-refractivity contribution in [1.82, 2.24) is 0 Å². The largest absolute Gasteiger partial charge is 0.459 e. The molecule has 1 saturated carbocycles. The quantitative estimate of drug-likeness (QED) is 0.802. The van der Waals surface area contributed by atoms with Crippen molar-refractivity contribution in [1.29, 1.82) is 0 Å². The molecule has 1 aliphatic carbocycles. The molecule has 0 N–H and O–H groups in total. The molecule has 2 aliphatic rings. The summed E-state index contributed by atoms with van der Waals surface area (Å²) in [5.41, 5.74) is 0.973. The summed E-state index contributed by atoms with van der Waals surface area (Å²) in [6.45, 7) is 0.476. The number of anilines is 1. The number of rotatable bonds is 3. The van der Waals surface area contributed by atoms with Crippen LogP contribution < -0.4 is 4.31 Å². The molecule has 0 unspecified atom stereocenters. The van der Waals surface area contributed by atoms with E-state index in [1.54, 1.807) is 24.3 Å². The zero-order chi connectivity index (χ0) is 15.6. The number of sulfonamides is 1. The van der Waals surface area contributed by atoms with E-state index in [1.165, 1.54) is 10.7 Å². The molecule has 0 bridgehead atoms. The Balaban J connectivity index is 1.74. The third-order valence-corrected chi connectivity index (χ3v) is 6.16. The van der Waals surface area contributed by atoms with Gasteiger partial charge in [-0.2, -0.15) is 0 Å². The second-order valence-electron chi connectivity index (χ2n) is 5.96. The van der Waals surface area contributed by atoms with Crippen molar-refractivity contribution in [2.75, 3.05) is 16.6 Å². The van der Waals surface area contributed by atoms with Crippen LogP contribution in [-0.4, -0.2) is 32.8 Å². The molecule has 0 spiro atoms. The monoisotopic (exact) mass is 323 g/mol. The van der Waals surface area contributed by atoms with E-state index in [2.05, 4.69) is 0 Å². The molecule has 1 heterocycles. The molecule has 5 nitrogen and oxygen atoms in total. The smallest absolute Gasteiger partial charge is 0.338 e. The van der Waals surface area contributed by atoms with Crippen LogP contribution in [0, 0.1) is 0 Å². The van der Waals surface area contributed by atoms with Gasteiger partial charge in [-0.05, 0) is 50.3 Å². The minimum atomic E-state index is -3.23. The third-order valence-electron chi connectivity index (χ3n) is 4.30. The minimum Gasteiger partial charge on any atom is -0.459 e. The maximum absolute atomic E-state index is 12.3. The molecule has 3 rings (SSSR count). The van der Waals surface area contributed by atoms with Gasteiger partial charge in [-0.3, -0.25) is 4.31 Å². The highest BCUT2D eigenvalue weighted by molar-refractivity contribution is 7.93. The molecule has 1 aromatic rings. The van der Waals surface area contributed by atoms with Gasteiger partial charge in [0.15, 0.2) is 0 Å². The second kappa shape index (κ2) is 6.28. The lowest BCUT2D eigenvalue weighted by molar-refractivity contribution is 0.0211. The Morgan fingerprint density at radius 1 is 1.14 bits per heavy atom. The van der Waals surface area contributed by atoms with E-state index < -0.39 is 10.0 Å². The molecular formula is C16H21NO4S. The van der Waals surface area contributed by atoms with E-state index in [-0.39, 0.29) is 17.8 Å². The number of nitrogens with zero attached hydrogens (tertiary/aromatic N) is 1. The Morgan fingerprint density at radius 2 is 1.91 bits per heavy atom. The van der Waals surface area contributed by atoms with E-state index in [9.17, 15) is 13.2 Å². The Morgan fingerprint density at radius 3 is 2.59 bits per heavy atom. The first-order valence-corrected chi connectivity index (χ1v) is 9.49. The number of esters is 1. The summed E-state index contributed by atoms with van der Waals surface area (Å²) in [6.07, 6.45) is 5.88. The zero-order valence-electron chi connectivity index (χ0n) is 12.5. The van der Waals surface area contributed by atoms with Gasteiger partial charge in [0.25, 0.3) is 0 Å². The van der Waals surface area contributed by atoms with Gasteiger partial charge in [-0.25, -0.2) is 13.2 Å². The van der Waals surface area contributed by atoms with Crippen molar-refractivity contribution in [2.45, 2.75) is 44.6 Å². The lowest BCUT2D eigenvalue weighted by Crippen LogP contribution is -2.25. The highest BCUT2D eigenvalue weighted by Gasteiger charge is 2.29. The first-order chi connectivity index (χ1) is 10.6. The Hall–Kier alpha value is -1.56. The van der Waals surface area contributed by atoms with E-state index in [4.69, 9.17) is 4.74 Å². The minimum absolute atomic E-state index is 0.000394. The summed E-state index contributed by atoms with van der Waals surface area (Å²) in [4.78, 5) is 12.3. The fraction of sp³-hybridized carbons (Fsp3) is 0.562. The van der Waals surface area contributed by atoms with Gasteiger partial charge < -0.3 is 4.74 Å². The first kappa shape index (κ1) is 15.3. The predicted molar refractivity (Wildman–Crippen MR) is 84.5 cm³/mol. The lowest BCUT2D eigenvalue weighted by atomic mass is 9.98. The summed E-state index contributed by atoms with van der Waals surface area (Å²) in [7, 11) is -3.23. The van der Waals surface area contributed by atoms with E-state index in [1.807, 2.05) is 0 Å². The average molecular weight is 323 g/mol. The number of carbonyl (C=O) groups excluding carboxylic acids is 1. The summed E-state index contributed by atoms with van der Waals surface area (Å²) in [5.74, 6) is -0.186. The maximum Gasteiger partial charge on any atom is 0.338 e. The van der Waals surface area contributed by atoms with Crippen molar-refractivity contribution in [3.63, 3.8) is 0 Å². The number of ether oxygens (including phenoxy) is 1. The van der Waals surface area contributed by atoms with Crippen LogP contribution >= 0.6 is 0 Å². The van der Waals surface area contributed by atoms with Gasteiger partial charge in [-0.15, -0.1) is 0 Å². The zero-order valence-corrected chi connectivity index (χ0v) is 13.3. The van der Waals surface area contributed by atoms with Crippen LogP contribution in [0.5, 0.6) is 0 Å². The molecule has 1 aliphatic heterocycles. The third kappa shape index (κ3) is 3.27. The molecular weight excluding hydrogens is 302 g/mol. The van der Waals surface area contributed by atoms with Gasteiger partial charge in [0.05, 0.1) is 17.0 Å². The molecule has 1 aromatic carbocycles. The number of hydrogen-bond acceptors (Lipinski definition) is 4. The van der Waals surface area contributed by atoms with Crippen molar-refractivity contribution in [2.24, 2.45) is 0 Å². The lowest BCUT2D eigenvalue weighted by Gasteiger charge is -2.22. The molecule has 2 fully saturated rings. The van der Waals surface area contributed by atoms with Gasteiger partial charge in [-0.1, -0.05) is 12.5 Å². The Kier molecular flexibility index (Phi) is 4.38. The molecule has 0 amide bonds. The average Bonchev–Trinajstić information content (AvgIpc) is 2.88. The van der Waals surface area contributed by atoms with Gasteiger partial charge in [0.1, 0.15) is 6.10 Å². The van der Waals surface area contributed by atoms with Crippen molar-refractivity contribution in [3.8, 4) is 0 Å². The predicted octanol–water partition coefficient (Wildman–Crippen LogP) is 2.72. The summed E-state index contributed by atoms with van der Waals surface area (Å²) < 4.78 is 30.9. The molecule has 22 heavy (non-hydrogen) atoms. The molecule has 0 radical (unpaired) electrons. The molecule has 1 saturated heterocycles. The molecule has 120 valence electrons. The Labute approximate surface area is 131 Å². The van der Waals surface area contributed by atoms with Crippen molar-refractivity contribution < 1.29 is 17.9 Å². The van der Waals surface area contributed by atoms with Crippen molar-refractivity contribution >= 4 is 21.7 Å². The van der Waals surface area contributed by atoms with Crippen LogP contribution in [0.2, 0.25) is 0 Å². The van der Waals surface area contributed by atoms with Crippen LogP contribution in [0.1, 0.15) is 48.9 Å². The van der Waals surface area contributed by atoms with E-state index in [0.29, 0.717) is 24.2 Å². The normalized spacial score (nSPS) is 21.7. The highest BCUT2D eigenvalue weighted by atomic mass is 32.2. The second-order valence-corrected chi connectivity index (χ2v) is 7.97. The number of benzene rings is 1. The first-order valence-electron chi connectivity index (χ1n) is 7.88. The maximum atomic E-state index is 12.3. The summed E-state index contributed by atoms with van der Waals surface area (Å²) >= 11 is 0.